The van der Waals surface area contributed by atoms with E-state index in [9.17, 15) is 26.4 Å². The summed E-state index contributed by atoms with van der Waals surface area (Å²) >= 11 is 0. The lowest BCUT2D eigenvalue weighted by molar-refractivity contribution is 0.388. The number of hydrogen-bond acceptors (Lipinski definition) is 10. The Morgan fingerprint density at radius 1 is 0.638 bits per heavy atom. The number of sulfonamides is 1. The highest BCUT2D eigenvalue weighted by molar-refractivity contribution is 8.13. The van der Waals surface area contributed by atoms with Gasteiger partial charge in [-0.1, -0.05) is 0 Å². The number of halogens is 1. The minimum atomic E-state index is -3.19. The Hall–Kier alpha value is -3.79. The van der Waals surface area contributed by atoms with Crippen LogP contribution in [0.4, 0.5) is 11.4 Å². The average Bonchev–Trinajstić information content (AvgIpc) is 3.04. The Labute approximate surface area is 278 Å². The van der Waals surface area contributed by atoms with Crippen LogP contribution >= 0.6 is 10.7 Å². The molecular weight excluding hydrogens is 670 g/mol. The van der Waals surface area contributed by atoms with E-state index in [1.54, 1.807) is 32.5 Å². The second-order valence-electron chi connectivity index (χ2n) is 11.2. The van der Waals surface area contributed by atoms with Crippen molar-refractivity contribution < 1.29 is 26.3 Å². The fraction of sp³-hybridized carbons (Fsp3) is 0.419. The number of rotatable bonds is 5. The SMILES string of the molecule is COc1ccc2c(=O)[nH]cc(N3CCCCC3)c2c1.COc1ccc2c(=O)[nH]cc(N3CCN(S(C)(=O)=O)CC3)c2c1.CS(=O)(=O)Cl. The first-order valence-electron chi connectivity index (χ1n) is 14.9. The van der Waals surface area contributed by atoms with Crippen molar-refractivity contribution in [3.8, 4) is 11.5 Å². The van der Waals surface area contributed by atoms with E-state index in [2.05, 4.69) is 30.5 Å². The van der Waals surface area contributed by atoms with E-state index in [0.717, 1.165) is 52.6 Å². The third-order valence-corrected chi connectivity index (χ3v) is 9.22. The number of nitrogens with zero attached hydrogens (tertiary/aromatic N) is 3. The maximum absolute atomic E-state index is 12.0. The van der Waals surface area contributed by atoms with Crippen molar-refractivity contribution in [2.75, 3.05) is 75.8 Å². The van der Waals surface area contributed by atoms with Crippen LogP contribution < -0.4 is 30.4 Å². The van der Waals surface area contributed by atoms with Crippen LogP contribution in [0.15, 0.2) is 58.4 Å². The summed E-state index contributed by atoms with van der Waals surface area (Å²) in [6, 6.07) is 10.9. The van der Waals surface area contributed by atoms with Gasteiger partial charge in [0.15, 0.2) is 0 Å². The number of fused-ring (bicyclic) bond motifs is 2. The topological polar surface area (TPSA) is 162 Å². The minimum Gasteiger partial charge on any atom is -0.497 e. The smallest absolute Gasteiger partial charge is 0.255 e. The molecule has 2 N–H and O–H groups in total. The van der Waals surface area contributed by atoms with Gasteiger partial charge in [0, 0.05) is 83.9 Å². The first kappa shape index (κ1) is 36.1. The van der Waals surface area contributed by atoms with Crippen molar-refractivity contribution in [3.05, 3.63) is 69.5 Å². The molecule has 0 amide bonds. The molecule has 47 heavy (non-hydrogen) atoms. The molecule has 13 nitrogen and oxygen atoms in total. The number of methoxy groups -OCH3 is 2. The summed E-state index contributed by atoms with van der Waals surface area (Å²) in [6.45, 7) is 4.13. The molecule has 256 valence electrons. The van der Waals surface area contributed by atoms with E-state index in [4.69, 9.17) is 9.47 Å². The lowest BCUT2D eigenvalue weighted by Gasteiger charge is -2.35. The fourth-order valence-corrected chi connectivity index (χ4v) is 6.44. The first-order chi connectivity index (χ1) is 22.2. The van der Waals surface area contributed by atoms with Crippen molar-refractivity contribution in [2.45, 2.75) is 19.3 Å². The van der Waals surface area contributed by atoms with Gasteiger partial charge in [0.2, 0.25) is 19.1 Å². The molecule has 0 saturated carbocycles. The zero-order valence-corrected chi connectivity index (χ0v) is 29.2. The van der Waals surface area contributed by atoms with Gasteiger partial charge in [0.25, 0.3) is 11.1 Å². The number of piperazine rings is 1. The molecule has 2 aromatic heterocycles. The maximum Gasteiger partial charge on any atom is 0.255 e. The predicted octanol–water partition coefficient (Wildman–Crippen LogP) is 3.33. The molecule has 0 atom stereocenters. The highest BCUT2D eigenvalue weighted by atomic mass is 35.7. The molecule has 0 aliphatic carbocycles. The van der Waals surface area contributed by atoms with Crippen LogP contribution in [0, 0.1) is 0 Å². The second-order valence-corrected chi connectivity index (χ2v) is 16.2. The number of pyridine rings is 2. The number of hydrogen-bond donors (Lipinski definition) is 2. The number of ether oxygens (including phenoxy) is 2. The van der Waals surface area contributed by atoms with E-state index in [1.807, 2.05) is 30.5 Å². The Balaban J connectivity index is 0.000000189. The van der Waals surface area contributed by atoms with Crippen LogP contribution in [0.3, 0.4) is 0 Å². The summed E-state index contributed by atoms with van der Waals surface area (Å²) in [5.41, 5.74) is 1.79. The molecule has 2 aliphatic heterocycles. The Morgan fingerprint density at radius 2 is 1.04 bits per heavy atom. The van der Waals surface area contributed by atoms with Crippen molar-refractivity contribution in [2.24, 2.45) is 0 Å². The summed E-state index contributed by atoms with van der Waals surface area (Å²) in [5, 5.41) is 3.10. The normalized spacial score (nSPS) is 15.8. The Kier molecular flexibility index (Phi) is 11.8. The molecule has 0 unspecified atom stereocenters. The van der Waals surface area contributed by atoms with Crippen LogP contribution in [0.25, 0.3) is 21.5 Å². The summed E-state index contributed by atoms with van der Waals surface area (Å²) < 4.78 is 54.0. The summed E-state index contributed by atoms with van der Waals surface area (Å²) in [5.74, 6) is 1.47. The van der Waals surface area contributed by atoms with E-state index in [-0.39, 0.29) is 11.1 Å². The van der Waals surface area contributed by atoms with Gasteiger partial charge in [-0.25, -0.2) is 16.8 Å². The number of aromatic nitrogens is 2. The number of anilines is 2. The van der Waals surface area contributed by atoms with Gasteiger partial charge in [-0.3, -0.25) is 9.59 Å². The fourth-order valence-electron chi connectivity index (χ4n) is 5.62. The van der Waals surface area contributed by atoms with Crippen LogP contribution in [0.2, 0.25) is 0 Å². The number of H-pyrrole nitrogens is 2. The Morgan fingerprint density at radius 3 is 1.43 bits per heavy atom. The standard InChI is InChI=1S/C15H19N3O4S.C15H18N2O2.CH3ClO2S/c1-22-11-3-4-12-13(9-11)14(10-16-15(12)19)17-5-7-18(8-6-17)23(2,20)21;1-19-11-5-6-12-13(9-11)14(10-16-15(12)18)17-7-3-2-4-8-17;1-5(2,3)4/h3-4,9-10H,5-8H2,1-2H3,(H,16,19);5-6,9-10H,2-4,7-8H2,1H3,(H,16,18);1H3. The number of nitrogens with one attached hydrogen (secondary N) is 2. The molecule has 0 radical (unpaired) electrons. The van der Waals surface area contributed by atoms with Gasteiger partial charge < -0.3 is 29.2 Å². The third kappa shape index (κ3) is 9.62. The molecule has 2 fully saturated rings. The molecule has 4 aromatic rings. The van der Waals surface area contributed by atoms with Crippen molar-refractivity contribution in [1.29, 1.82) is 0 Å². The summed E-state index contributed by atoms with van der Waals surface area (Å²) in [4.78, 5) is 33.9. The lowest BCUT2D eigenvalue weighted by Crippen LogP contribution is -2.48. The highest BCUT2D eigenvalue weighted by Gasteiger charge is 2.25. The molecule has 2 saturated heterocycles. The Bertz CT molecular complexity index is 2030. The van der Waals surface area contributed by atoms with Crippen molar-refractivity contribution in [1.82, 2.24) is 14.3 Å². The van der Waals surface area contributed by atoms with Gasteiger partial charge >= 0.3 is 0 Å². The summed E-state index contributed by atoms with van der Waals surface area (Å²) in [6.07, 6.45) is 9.38. The third-order valence-electron chi connectivity index (χ3n) is 7.92. The molecule has 0 spiro atoms. The van der Waals surface area contributed by atoms with Crippen molar-refractivity contribution in [3.63, 3.8) is 0 Å². The van der Waals surface area contributed by atoms with E-state index in [1.165, 1.54) is 29.8 Å². The van der Waals surface area contributed by atoms with Gasteiger partial charge in [-0.2, -0.15) is 4.31 Å². The van der Waals surface area contributed by atoms with Crippen LogP contribution in [0.1, 0.15) is 19.3 Å². The molecular formula is C31H40ClN5O8S2. The van der Waals surface area contributed by atoms with Gasteiger partial charge in [-0.05, 0) is 55.7 Å². The number of aromatic amines is 2. The highest BCUT2D eigenvalue weighted by Crippen LogP contribution is 2.30. The van der Waals surface area contributed by atoms with Crippen molar-refractivity contribution >= 4 is 62.7 Å². The molecule has 0 bridgehead atoms. The van der Waals surface area contributed by atoms with Gasteiger partial charge in [0.1, 0.15) is 11.5 Å². The number of benzene rings is 2. The zero-order chi connectivity index (χ0) is 34.4. The molecule has 4 heterocycles. The van der Waals surface area contributed by atoms with E-state index in [0.29, 0.717) is 37.3 Å². The molecule has 2 aromatic carbocycles. The summed E-state index contributed by atoms with van der Waals surface area (Å²) in [7, 11) is 1.38. The minimum absolute atomic E-state index is 0.0431. The van der Waals surface area contributed by atoms with Crippen LogP contribution in [-0.2, 0) is 19.1 Å². The van der Waals surface area contributed by atoms with E-state index < -0.39 is 19.1 Å². The molecule has 6 rings (SSSR count). The monoisotopic (exact) mass is 709 g/mol. The van der Waals surface area contributed by atoms with Gasteiger partial charge in [0.05, 0.1) is 38.1 Å². The van der Waals surface area contributed by atoms with Gasteiger partial charge in [-0.15, -0.1) is 0 Å². The molecule has 2 aliphatic rings. The quantitative estimate of drug-likeness (QED) is 0.294. The average molecular weight is 710 g/mol. The first-order valence-corrected chi connectivity index (χ1v) is 19.5. The van der Waals surface area contributed by atoms with E-state index >= 15 is 0 Å². The maximum atomic E-state index is 12.0. The second kappa shape index (κ2) is 15.4. The predicted molar refractivity (Wildman–Crippen MR) is 188 cm³/mol. The number of piperidine rings is 1. The largest absolute Gasteiger partial charge is 0.497 e. The zero-order valence-electron chi connectivity index (χ0n) is 26.8. The lowest BCUT2D eigenvalue weighted by atomic mass is 10.1. The van der Waals surface area contributed by atoms with Crippen LogP contribution in [-0.4, -0.2) is 97.1 Å². The molecule has 16 heteroatoms. The van der Waals surface area contributed by atoms with Crippen LogP contribution in [0.5, 0.6) is 11.5 Å².